The zero-order chi connectivity index (χ0) is 16.8. The van der Waals surface area contributed by atoms with E-state index >= 15 is 0 Å². The van der Waals surface area contributed by atoms with Crippen LogP contribution in [0.25, 0.3) is 0 Å². The number of carbonyl (C=O) groups is 1. The standard InChI is InChI=1S/C15H20N4O3S.ClH/c1-19(8-13-7-17-15(16)23-13)9-14(20)18-10-4-11(21-2)6-12(5-10)22-3;/h4-7H,8-9H2,1-3H3,(H2,16,17)(H,18,20);1H. The number of thiazole rings is 1. The highest BCUT2D eigenvalue weighted by Crippen LogP contribution is 2.25. The Morgan fingerprint density at radius 1 is 1.29 bits per heavy atom. The smallest absolute Gasteiger partial charge is 0.238 e. The fourth-order valence-corrected chi connectivity index (χ4v) is 2.81. The number of anilines is 2. The van der Waals surface area contributed by atoms with Crippen molar-refractivity contribution in [2.45, 2.75) is 6.54 Å². The van der Waals surface area contributed by atoms with Gasteiger partial charge in [0.25, 0.3) is 0 Å². The molecule has 0 aliphatic carbocycles. The number of likely N-dealkylation sites (N-methyl/N-ethyl adjacent to an activating group) is 1. The van der Waals surface area contributed by atoms with Crippen LogP contribution >= 0.6 is 23.7 Å². The van der Waals surface area contributed by atoms with Crippen molar-refractivity contribution in [3.05, 3.63) is 29.3 Å². The first-order chi connectivity index (χ1) is 11.0. The van der Waals surface area contributed by atoms with Crippen LogP contribution < -0.4 is 20.5 Å². The van der Waals surface area contributed by atoms with E-state index in [0.29, 0.717) is 28.9 Å². The van der Waals surface area contributed by atoms with Gasteiger partial charge >= 0.3 is 0 Å². The summed E-state index contributed by atoms with van der Waals surface area (Å²) in [5.41, 5.74) is 6.22. The van der Waals surface area contributed by atoms with Crippen molar-refractivity contribution in [1.29, 1.82) is 0 Å². The predicted molar refractivity (Wildman–Crippen MR) is 98.3 cm³/mol. The molecule has 1 aromatic heterocycles. The summed E-state index contributed by atoms with van der Waals surface area (Å²) < 4.78 is 10.4. The largest absolute Gasteiger partial charge is 0.497 e. The quantitative estimate of drug-likeness (QED) is 0.774. The number of amides is 1. The lowest BCUT2D eigenvalue weighted by atomic mass is 10.2. The number of nitrogen functional groups attached to an aromatic ring is 1. The second kappa shape index (κ2) is 9.31. The van der Waals surface area contributed by atoms with Gasteiger partial charge in [0.05, 0.1) is 20.8 Å². The maximum Gasteiger partial charge on any atom is 0.238 e. The number of hydrogen-bond donors (Lipinski definition) is 2. The highest BCUT2D eigenvalue weighted by molar-refractivity contribution is 7.15. The molecule has 9 heteroatoms. The molecule has 0 fully saturated rings. The molecule has 1 heterocycles. The molecule has 2 rings (SSSR count). The number of carbonyl (C=O) groups excluding carboxylic acids is 1. The fraction of sp³-hybridized carbons (Fsp3) is 0.333. The van der Waals surface area contributed by atoms with E-state index in [1.807, 2.05) is 11.9 Å². The number of nitrogens with one attached hydrogen (secondary N) is 1. The predicted octanol–water partition coefficient (Wildman–Crippen LogP) is 2.23. The van der Waals surface area contributed by atoms with Gasteiger partial charge in [0.15, 0.2) is 5.13 Å². The van der Waals surface area contributed by atoms with Crippen molar-refractivity contribution in [2.75, 3.05) is 38.9 Å². The molecule has 132 valence electrons. The Kier molecular flexibility index (Phi) is 7.76. The van der Waals surface area contributed by atoms with Gasteiger partial charge in [-0.05, 0) is 7.05 Å². The molecule has 24 heavy (non-hydrogen) atoms. The van der Waals surface area contributed by atoms with Crippen molar-refractivity contribution in [3.8, 4) is 11.5 Å². The number of rotatable bonds is 7. The second-order valence-electron chi connectivity index (χ2n) is 4.99. The highest BCUT2D eigenvalue weighted by Gasteiger charge is 2.10. The zero-order valence-electron chi connectivity index (χ0n) is 13.7. The van der Waals surface area contributed by atoms with Crippen molar-refractivity contribution >= 4 is 40.5 Å². The zero-order valence-corrected chi connectivity index (χ0v) is 15.4. The van der Waals surface area contributed by atoms with E-state index in [0.717, 1.165) is 4.88 Å². The highest BCUT2D eigenvalue weighted by atomic mass is 35.5. The fourth-order valence-electron chi connectivity index (χ4n) is 2.04. The van der Waals surface area contributed by atoms with Crippen LogP contribution in [-0.2, 0) is 11.3 Å². The lowest BCUT2D eigenvalue weighted by Gasteiger charge is -2.15. The normalized spacial score (nSPS) is 10.2. The maximum atomic E-state index is 12.1. The third kappa shape index (κ3) is 5.88. The molecule has 0 aliphatic rings. The van der Waals surface area contributed by atoms with E-state index in [-0.39, 0.29) is 24.9 Å². The number of nitrogens with two attached hydrogens (primary N) is 1. The minimum absolute atomic E-state index is 0. The summed E-state index contributed by atoms with van der Waals surface area (Å²) in [6, 6.07) is 5.23. The molecular formula is C15H21ClN4O3S. The van der Waals surface area contributed by atoms with Gasteiger partial charge in [-0.25, -0.2) is 4.98 Å². The van der Waals surface area contributed by atoms with Gasteiger partial charge in [0, 0.05) is 41.5 Å². The summed E-state index contributed by atoms with van der Waals surface area (Å²) in [6.07, 6.45) is 1.72. The van der Waals surface area contributed by atoms with E-state index in [9.17, 15) is 4.79 Å². The SMILES string of the molecule is COc1cc(NC(=O)CN(C)Cc2cnc(N)s2)cc(OC)c1.Cl. The topological polar surface area (TPSA) is 89.7 Å². The van der Waals surface area contributed by atoms with Crippen molar-refractivity contribution < 1.29 is 14.3 Å². The van der Waals surface area contributed by atoms with Crippen LogP contribution in [0.4, 0.5) is 10.8 Å². The molecule has 0 unspecified atom stereocenters. The third-order valence-electron chi connectivity index (χ3n) is 3.05. The monoisotopic (exact) mass is 372 g/mol. The molecule has 1 aromatic carbocycles. The van der Waals surface area contributed by atoms with Crippen molar-refractivity contribution in [1.82, 2.24) is 9.88 Å². The molecule has 3 N–H and O–H groups in total. The van der Waals surface area contributed by atoms with Gasteiger partial charge in [0.1, 0.15) is 11.5 Å². The summed E-state index contributed by atoms with van der Waals surface area (Å²) >= 11 is 1.42. The number of benzene rings is 1. The molecule has 7 nitrogen and oxygen atoms in total. The van der Waals surface area contributed by atoms with Crippen molar-refractivity contribution in [3.63, 3.8) is 0 Å². The summed E-state index contributed by atoms with van der Waals surface area (Å²) in [5.74, 6) is 1.11. The average molecular weight is 373 g/mol. The number of halogens is 1. The third-order valence-corrected chi connectivity index (χ3v) is 3.86. The Hall–Kier alpha value is -2.03. The van der Waals surface area contributed by atoms with Gasteiger partial charge in [-0.15, -0.1) is 23.7 Å². The lowest BCUT2D eigenvalue weighted by Crippen LogP contribution is -2.29. The van der Waals surface area contributed by atoms with E-state index in [1.54, 1.807) is 38.6 Å². The van der Waals surface area contributed by atoms with Crippen molar-refractivity contribution in [2.24, 2.45) is 0 Å². The van der Waals surface area contributed by atoms with E-state index in [1.165, 1.54) is 11.3 Å². The van der Waals surface area contributed by atoms with Gasteiger partial charge < -0.3 is 20.5 Å². The molecule has 0 bridgehead atoms. The first kappa shape index (κ1) is 20.0. The number of ether oxygens (including phenoxy) is 2. The van der Waals surface area contributed by atoms with Crippen LogP contribution in [0, 0.1) is 0 Å². The molecule has 0 aliphatic heterocycles. The lowest BCUT2D eigenvalue weighted by molar-refractivity contribution is -0.117. The van der Waals surface area contributed by atoms with Gasteiger partial charge in [0.2, 0.25) is 5.91 Å². The first-order valence-electron chi connectivity index (χ1n) is 6.92. The summed E-state index contributed by atoms with van der Waals surface area (Å²) in [6.45, 7) is 0.862. The number of aromatic nitrogens is 1. The molecular weight excluding hydrogens is 352 g/mol. The summed E-state index contributed by atoms with van der Waals surface area (Å²) in [7, 11) is 4.99. The average Bonchev–Trinajstić information content (AvgIpc) is 2.91. The van der Waals surface area contributed by atoms with E-state index in [4.69, 9.17) is 15.2 Å². The molecule has 2 aromatic rings. The van der Waals surface area contributed by atoms with E-state index in [2.05, 4.69) is 10.3 Å². The Labute approximate surface area is 151 Å². The molecule has 0 atom stereocenters. The maximum absolute atomic E-state index is 12.1. The van der Waals surface area contributed by atoms with Crippen LogP contribution in [0.5, 0.6) is 11.5 Å². The Morgan fingerprint density at radius 2 is 1.92 bits per heavy atom. The number of methoxy groups -OCH3 is 2. The van der Waals surface area contributed by atoms with E-state index < -0.39 is 0 Å². The first-order valence-corrected chi connectivity index (χ1v) is 7.73. The van der Waals surface area contributed by atoms with Gasteiger partial charge in [-0.2, -0.15) is 0 Å². The minimum atomic E-state index is -0.125. The molecule has 0 radical (unpaired) electrons. The van der Waals surface area contributed by atoms with Crippen LogP contribution in [0.1, 0.15) is 4.88 Å². The van der Waals surface area contributed by atoms with Gasteiger partial charge in [-0.1, -0.05) is 0 Å². The Balaban J connectivity index is 0.00000288. The molecule has 0 saturated carbocycles. The molecule has 0 saturated heterocycles. The van der Waals surface area contributed by atoms with Gasteiger partial charge in [-0.3, -0.25) is 9.69 Å². The Morgan fingerprint density at radius 3 is 2.42 bits per heavy atom. The van der Waals surface area contributed by atoms with Crippen LogP contribution in [0.3, 0.4) is 0 Å². The second-order valence-corrected chi connectivity index (χ2v) is 6.13. The number of nitrogens with zero attached hydrogens (tertiary/aromatic N) is 2. The van der Waals surface area contributed by atoms with Crippen LogP contribution in [-0.4, -0.2) is 43.6 Å². The summed E-state index contributed by atoms with van der Waals surface area (Å²) in [4.78, 5) is 19.0. The molecule has 1 amide bonds. The summed E-state index contributed by atoms with van der Waals surface area (Å²) in [5, 5.41) is 3.36. The van der Waals surface area contributed by atoms with Crippen LogP contribution in [0.2, 0.25) is 0 Å². The molecule has 0 spiro atoms. The Bertz CT molecular complexity index is 658. The number of hydrogen-bond acceptors (Lipinski definition) is 7. The van der Waals surface area contributed by atoms with Crippen LogP contribution in [0.15, 0.2) is 24.4 Å². The minimum Gasteiger partial charge on any atom is -0.497 e.